The Labute approximate surface area is 157 Å². The van der Waals surface area contributed by atoms with E-state index in [4.69, 9.17) is 4.74 Å². The van der Waals surface area contributed by atoms with Gasteiger partial charge in [0.25, 0.3) is 5.91 Å². The Morgan fingerprint density at radius 1 is 1.11 bits per heavy atom. The van der Waals surface area contributed by atoms with E-state index in [9.17, 15) is 9.59 Å². The molecular formula is C20H20N4O3. The zero-order chi connectivity index (χ0) is 19.1. The molecule has 1 aromatic heterocycles. The van der Waals surface area contributed by atoms with Gasteiger partial charge >= 0.3 is 5.97 Å². The Balaban J connectivity index is 1.70. The Morgan fingerprint density at radius 2 is 1.85 bits per heavy atom. The first-order chi connectivity index (χ1) is 13.2. The molecule has 0 aliphatic carbocycles. The van der Waals surface area contributed by atoms with Gasteiger partial charge in [-0.25, -0.2) is 9.67 Å². The highest BCUT2D eigenvalue weighted by Gasteiger charge is 2.19. The Morgan fingerprint density at radius 3 is 2.48 bits per heavy atom. The van der Waals surface area contributed by atoms with E-state index in [0.717, 1.165) is 11.1 Å². The summed E-state index contributed by atoms with van der Waals surface area (Å²) in [5.74, 6) is -0.632. The summed E-state index contributed by atoms with van der Waals surface area (Å²) in [6.07, 6.45) is 3.18. The maximum atomic E-state index is 12.6. The van der Waals surface area contributed by atoms with Gasteiger partial charge in [0.05, 0.1) is 26.1 Å². The predicted octanol–water partition coefficient (Wildman–Crippen LogP) is 2.36. The average Bonchev–Trinajstić information content (AvgIpc) is 3.21. The molecular weight excluding hydrogens is 344 g/mol. The molecule has 1 atom stereocenters. The summed E-state index contributed by atoms with van der Waals surface area (Å²) in [5.41, 5.74) is 2.37. The normalized spacial score (nSPS) is 11.6. The molecule has 138 valence electrons. The van der Waals surface area contributed by atoms with Crippen LogP contribution in [0.25, 0.3) is 0 Å². The highest BCUT2D eigenvalue weighted by molar-refractivity contribution is 5.94. The van der Waals surface area contributed by atoms with Crippen molar-refractivity contribution < 1.29 is 14.3 Å². The summed E-state index contributed by atoms with van der Waals surface area (Å²) in [6, 6.07) is 16.1. The minimum atomic E-state index is -0.457. The number of carbonyl (C=O) groups excluding carboxylic acids is 2. The monoisotopic (exact) mass is 364 g/mol. The third-order valence-corrected chi connectivity index (χ3v) is 4.13. The van der Waals surface area contributed by atoms with Gasteiger partial charge in [0.15, 0.2) is 0 Å². The Bertz CT molecular complexity index is 877. The fourth-order valence-corrected chi connectivity index (χ4v) is 2.69. The van der Waals surface area contributed by atoms with E-state index in [-0.39, 0.29) is 18.3 Å². The summed E-state index contributed by atoms with van der Waals surface area (Å²) in [7, 11) is 1.33. The second-order valence-corrected chi connectivity index (χ2v) is 6.01. The van der Waals surface area contributed by atoms with Crippen molar-refractivity contribution in [3.63, 3.8) is 0 Å². The number of hydrogen-bond acceptors (Lipinski definition) is 5. The van der Waals surface area contributed by atoms with E-state index in [1.165, 1.54) is 13.4 Å². The smallest absolute Gasteiger partial charge is 0.307 e. The van der Waals surface area contributed by atoms with Crippen LogP contribution in [0, 0.1) is 0 Å². The molecule has 1 amide bonds. The number of esters is 1. The van der Waals surface area contributed by atoms with E-state index in [1.54, 1.807) is 23.1 Å². The van der Waals surface area contributed by atoms with Crippen LogP contribution in [-0.4, -0.2) is 33.8 Å². The number of methoxy groups -OCH3 is 1. The van der Waals surface area contributed by atoms with E-state index in [1.807, 2.05) is 42.5 Å². The second-order valence-electron chi connectivity index (χ2n) is 6.01. The van der Waals surface area contributed by atoms with Crippen molar-refractivity contribution >= 4 is 11.9 Å². The van der Waals surface area contributed by atoms with Crippen LogP contribution in [-0.2, 0) is 16.1 Å². The number of rotatable bonds is 7. The molecule has 0 spiro atoms. The quantitative estimate of drug-likeness (QED) is 0.651. The molecule has 1 unspecified atom stereocenters. The van der Waals surface area contributed by atoms with Crippen molar-refractivity contribution in [2.75, 3.05) is 7.11 Å². The first-order valence-corrected chi connectivity index (χ1v) is 8.49. The first kappa shape index (κ1) is 18.3. The summed E-state index contributed by atoms with van der Waals surface area (Å²) in [6.45, 7) is 0.580. The molecule has 3 aromatic rings. The lowest BCUT2D eigenvalue weighted by atomic mass is 10.0. The topological polar surface area (TPSA) is 86.1 Å². The number of aromatic nitrogens is 3. The van der Waals surface area contributed by atoms with Crippen molar-refractivity contribution in [1.29, 1.82) is 0 Å². The molecule has 27 heavy (non-hydrogen) atoms. The van der Waals surface area contributed by atoms with Crippen LogP contribution in [0.3, 0.4) is 0 Å². The average molecular weight is 364 g/mol. The van der Waals surface area contributed by atoms with E-state index >= 15 is 0 Å². The number of nitrogens with one attached hydrogen (secondary N) is 1. The van der Waals surface area contributed by atoms with Crippen LogP contribution in [0.2, 0.25) is 0 Å². The zero-order valence-electron chi connectivity index (χ0n) is 14.9. The Kier molecular flexibility index (Phi) is 5.94. The minimum Gasteiger partial charge on any atom is -0.469 e. The number of nitrogens with zero attached hydrogens (tertiary/aromatic N) is 3. The molecule has 0 saturated heterocycles. The third-order valence-electron chi connectivity index (χ3n) is 4.13. The van der Waals surface area contributed by atoms with Gasteiger partial charge in [-0.15, -0.1) is 0 Å². The maximum Gasteiger partial charge on any atom is 0.307 e. The summed E-state index contributed by atoms with van der Waals surface area (Å²) < 4.78 is 6.46. The molecule has 0 bridgehead atoms. The van der Waals surface area contributed by atoms with E-state index in [2.05, 4.69) is 15.4 Å². The van der Waals surface area contributed by atoms with Crippen LogP contribution in [0.5, 0.6) is 0 Å². The molecule has 2 aromatic carbocycles. The van der Waals surface area contributed by atoms with Crippen LogP contribution in [0.4, 0.5) is 0 Å². The molecule has 1 heterocycles. The molecule has 1 N–H and O–H groups in total. The van der Waals surface area contributed by atoms with Crippen LogP contribution in [0.15, 0.2) is 67.3 Å². The lowest BCUT2D eigenvalue weighted by molar-refractivity contribution is -0.141. The van der Waals surface area contributed by atoms with Crippen LogP contribution < -0.4 is 5.32 Å². The van der Waals surface area contributed by atoms with Gasteiger partial charge in [-0.1, -0.05) is 42.5 Å². The standard InChI is InChI=1S/C20H20N4O3/c1-27-19(25)11-18(16-5-3-2-4-6-16)23-20(26)17-9-7-15(8-10-17)12-24-14-21-13-22-24/h2-10,13-14,18H,11-12H2,1H3,(H,23,26). The van der Waals surface area contributed by atoms with E-state index < -0.39 is 6.04 Å². The molecule has 0 aliphatic heterocycles. The molecule has 0 radical (unpaired) electrons. The van der Waals surface area contributed by atoms with E-state index in [0.29, 0.717) is 12.1 Å². The number of hydrogen-bond donors (Lipinski definition) is 1. The summed E-state index contributed by atoms with van der Waals surface area (Å²) >= 11 is 0. The maximum absolute atomic E-state index is 12.6. The summed E-state index contributed by atoms with van der Waals surface area (Å²) in [4.78, 5) is 28.3. The van der Waals surface area contributed by atoms with Gasteiger partial charge in [0.2, 0.25) is 0 Å². The second kappa shape index (κ2) is 8.75. The largest absolute Gasteiger partial charge is 0.469 e. The first-order valence-electron chi connectivity index (χ1n) is 8.49. The number of benzene rings is 2. The van der Waals surface area contributed by atoms with Crippen LogP contribution in [0.1, 0.15) is 33.9 Å². The Hall–Kier alpha value is -3.48. The van der Waals surface area contributed by atoms with Crippen molar-refractivity contribution in [2.45, 2.75) is 19.0 Å². The predicted molar refractivity (Wildman–Crippen MR) is 98.8 cm³/mol. The molecule has 0 saturated carbocycles. The number of carbonyl (C=O) groups is 2. The minimum absolute atomic E-state index is 0.0661. The number of amides is 1. The molecule has 0 aliphatic rings. The molecule has 3 rings (SSSR count). The summed E-state index contributed by atoms with van der Waals surface area (Å²) in [5, 5.41) is 6.97. The van der Waals surface area contributed by atoms with Gasteiger partial charge < -0.3 is 10.1 Å². The molecule has 7 nitrogen and oxygen atoms in total. The van der Waals surface area contributed by atoms with Gasteiger partial charge in [-0.05, 0) is 23.3 Å². The fourth-order valence-electron chi connectivity index (χ4n) is 2.69. The molecule has 7 heteroatoms. The highest BCUT2D eigenvalue weighted by Crippen LogP contribution is 2.18. The number of ether oxygens (including phenoxy) is 1. The van der Waals surface area contributed by atoms with Crippen molar-refractivity contribution in [3.05, 3.63) is 83.9 Å². The van der Waals surface area contributed by atoms with Gasteiger partial charge in [0, 0.05) is 5.56 Å². The van der Waals surface area contributed by atoms with Gasteiger partial charge in [-0.2, -0.15) is 5.10 Å². The van der Waals surface area contributed by atoms with Crippen molar-refractivity contribution in [1.82, 2.24) is 20.1 Å². The van der Waals surface area contributed by atoms with Crippen LogP contribution >= 0.6 is 0 Å². The molecule has 0 fully saturated rings. The SMILES string of the molecule is COC(=O)CC(NC(=O)c1ccc(Cn2cncn2)cc1)c1ccccc1. The zero-order valence-corrected chi connectivity index (χ0v) is 14.9. The third kappa shape index (κ3) is 5.01. The highest BCUT2D eigenvalue weighted by atomic mass is 16.5. The van der Waals surface area contributed by atoms with Gasteiger partial charge in [0.1, 0.15) is 12.7 Å². The van der Waals surface area contributed by atoms with Crippen molar-refractivity contribution in [2.24, 2.45) is 0 Å². The lowest BCUT2D eigenvalue weighted by Crippen LogP contribution is -2.30. The van der Waals surface area contributed by atoms with Crippen molar-refractivity contribution in [3.8, 4) is 0 Å². The fraction of sp³-hybridized carbons (Fsp3) is 0.200. The lowest BCUT2D eigenvalue weighted by Gasteiger charge is -2.18. The van der Waals surface area contributed by atoms with Gasteiger partial charge in [-0.3, -0.25) is 9.59 Å².